The molecule has 2 heterocycles. The molecular weight excluding hydrogens is 616 g/mol. The van der Waals surface area contributed by atoms with Crippen LogP contribution in [0.5, 0.6) is 5.75 Å². The van der Waals surface area contributed by atoms with Crippen molar-refractivity contribution in [1.29, 1.82) is 0 Å². The third-order valence-corrected chi connectivity index (χ3v) is 7.50. The number of azo groups is 1. The van der Waals surface area contributed by atoms with Crippen molar-refractivity contribution in [3.63, 3.8) is 0 Å². The number of furan rings is 1. The van der Waals surface area contributed by atoms with Gasteiger partial charge in [0, 0.05) is 5.56 Å². The number of carbonyl (C=O) groups excluding carboxylic acids is 1. The Morgan fingerprint density at radius 2 is 1.54 bits per heavy atom. The van der Waals surface area contributed by atoms with Crippen LogP contribution in [-0.2, 0) is 12.8 Å². The van der Waals surface area contributed by atoms with Crippen LogP contribution in [0.1, 0.15) is 40.2 Å². The van der Waals surface area contributed by atoms with E-state index in [1.165, 1.54) is 46.5 Å². The Morgan fingerprint density at radius 3 is 2.08 bits per heavy atom. The maximum Gasteiger partial charge on any atom is 0.299 e. The molecule has 0 radical (unpaired) electrons. The number of hydrogen-bond donors (Lipinski definition) is 3. The lowest BCUT2D eigenvalue weighted by molar-refractivity contribution is -0.870. The van der Waals surface area contributed by atoms with Crippen LogP contribution in [0.15, 0.2) is 68.0 Å². The molecule has 0 saturated heterocycles. The number of hydrogen-bond acceptors (Lipinski definition) is 9. The average molecular weight is 665 g/mol. The average Bonchev–Trinajstić information content (AvgIpc) is 3.61. The number of carboxylic acids is 1. The highest BCUT2D eigenvalue weighted by Gasteiger charge is 2.16. The van der Waals surface area contributed by atoms with Gasteiger partial charge in [0.25, 0.3) is 5.56 Å². The molecule has 0 spiro atoms. The molecule has 1 aliphatic rings. The van der Waals surface area contributed by atoms with Gasteiger partial charge in [-0.1, -0.05) is 23.9 Å². The fourth-order valence-corrected chi connectivity index (χ4v) is 4.79. The number of aliphatic hydroxyl groups excluding tert-OH is 2. The fourth-order valence-electron chi connectivity index (χ4n) is 4.79. The first-order chi connectivity index (χ1) is 22.5. The summed E-state index contributed by atoms with van der Waals surface area (Å²) in [6.07, 6.45) is 4.36. The Balaban J connectivity index is 0.000000376. The lowest BCUT2D eigenvalue weighted by Gasteiger charge is -2.21. The van der Waals surface area contributed by atoms with Crippen LogP contribution in [0.3, 0.4) is 0 Å². The molecule has 48 heavy (non-hydrogen) atoms. The first-order valence-electron chi connectivity index (χ1n) is 15.8. The Labute approximate surface area is 281 Å². The van der Waals surface area contributed by atoms with Crippen LogP contribution < -0.4 is 15.8 Å². The summed E-state index contributed by atoms with van der Waals surface area (Å²) in [5, 5.41) is 51.7. The molecule has 2 aromatic heterocycles. The van der Waals surface area contributed by atoms with Crippen molar-refractivity contribution >= 4 is 17.3 Å². The molecule has 2 aromatic carbocycles. The highest BCUT2D eigenvalue weighted by molar-refractivity contribution is 5.84. The van der Waals surface area contributed by atoms with Crippen molar-refractivity contribution in [2.75, 3.05) is 68.6 Å². The molecular formula is C35H48N6O7. The SMILES string of the molecule is C[N+](C)(C)CCO.C[N+](C)(C)CCO.Cc1[nH]n(-c2ccc3c(c2)CCCC3)c(=O)c1N=Nc1cccc(-c2ccc(C(=O)[O-])o2)c1[O-]. The molecule has 0 bridgehead atoms. The quantitative estimate of drug-likeness (QED) is 0.182. The van der Waals surface area contributed by atoms with Crippen molar-refractivity contribution in [2.24, 2.45) is 10.2 Å². The van der Waals surface area contributed by atoms with E-state index in [2.05, 4.69) is 63.7 Å². The lowest BCUT2D eigenvalue weighted by Crippen LogP contribution is -2.36. The summed E-state index contributed by atoms with van der Waals surface area (Å²) in [5.74, 6) is -2.29. The highest BCUT2D eigenvalue weighted by Crippen LogP contribution is 2.36. The predicted molar refractivity (Wildman–Crippen MR) is 180 cm³/mol. The molecule has 0 fully saturated rings. The highest BCUT2D eigenvalue weighted by atomic mass is 16.4. The van der Waals surface area contributed by atoms with E-state index in [0.29, 0.717) is 5.69 Å². The second-order valence-corrected chi connectivity index (χ2v) is 13.7. The van der Waals surface area contributed by atoms with E-state index in [4.69, 9.17) is 14.6 Å². The Kier molecular flexibility index (Phi) is 13.0. The number of H-pyrrole nitrogens is 1. The van der Waals surface area contributed by atoms with Crippen molar-refractivity contribution in [1.82, 2.24) is 9.78 Å². The number of aliphatic hydroxyl groups is 2. The fraction of sp³-hybridized carbons (Fsp3) is 0.429. The summed E-state index contributed by atoms with van der Waals surface area (Å²) in [6, 6.07) is 13.1. The number of likely N-dealkylation sites (N-methyl/N-ethyl adjacent to an activating group) is 2. The number of aromatic amines is 1. The third-order valence-electron chi connectivity index (χ3n) is 7.50. The number of carboxylic acid groups (broad SMARTS) is 1. The van der Waals surface area contributed by atoms with Gasteiger partial charge in [0.1, 0.15) is 30.6 Å². The van der Waals surface area contributed by atoms with Crippen LogP contribution in [0, 0.1) is 6.92 Å². The van der Waals surface area contributed by atoms with Gasteiger partial charge in [-0.2, -0.15) is 5.11 Å². The standard InChI is InChI=1S/C25H22N4O5.2C5H14NO/c1-14-22(24(31)29(28-14)17-10-9-15-5-2-3-6-16(15)13-17)27-26-19-8-4-7-18(23(19)30)20-11-12-21(34-20)25(32)33;2*1-6(2,3)4-5-7/h4,7-13,28,30H,2-3,5-6H2,1H3,(H,32,33);2*7H,4-5H2,1-3H3/q;2*+1/p-2. The molecule has 4 aromatic rings. The van der Waals surface area contributed by atoms with Crippen LogP contribution in [0.25, 0.3) is 17.0 Å². The van der Waals surface area contributed by atoms with Gasteiger partial charge in [-0.05, 0) is 74.1 Å². The molecule has 1 aliphatic carbocycles. The summed E-state index contributed by atoms with van der Waals surface area (Å²) in [4.78, 5) is 24.0. The Morgan fingerprint density at radius 1 is 0.917 bits per heavy atom. The molecule has 0 unspecified atom stereocenters. The minimum absolute atomic E-state index is 0.00997. The van der Waals surface area contributed by atoms with Crippen molar-refractivity contribution in [2.45, 2.75) is 32.6 Å². The van der Waals surface area contributed by atoms with E-state index in [0.717, 1.165) is 47.0 Å². The normalized spacial score (nSPS) is 12.9. The summed E-state index contributed by atoms with van der Waals surface area (Å²) in [7, 11) is 12.3. The lowest BCUT2D eigenvalue weighted by atomic mass is 9.91. The van der Waals surface area contributed by atoms with Gasteiger partial charge >= 0.3 is 0 Å². The Bertz CT molecular complexity index is 1740. The van der Waals surface area contributed by atoms with E-state index in [1.807, 2.05) is 12.1 Å². The smallest absolute Gasteiger partial charge is 0.299 e. The molecule has 0 aliphatic heterocycles. The number of benzene rings is 2. The van der Waals surface area contributed by atoms with Gasteiger partial charge in [-0.15, -0.1) is 5.11 Å². The molecule has 13 nitrogen and oxygen atoms in total. The number of carbonyl (C=O) groups is 1. The Hall–Kier alpha value is -4.56. The van der Waals surface area contributed by atoms with E-state index < -0.39 is 11.7 Å². The van der Waals surface area contributed by atoms with Gasteiger partial charge in [-0.3, -0.25) is 9.89 Å². The molecule has 5 rings (SSSR count). The number of nitrogens with one attached hydrogen (secondary N) is 1. The number of para-hydroxylation sites is 1. The number of aromatic carboxylic acids is 1. The molecule has 0 atom stereocenters. The topological polar surface area (TPSA) is 179 Å². The molecule has 3 N–H and O–H groups in total. The number of fused-ring (bicyclic) bond motifs is 1. The van der Waals surface area contributed by atoms with Gasteiger partial charge < -0.3 is 38.6 Å². The predicted octanol–water partition coefficient (Wildman–Crippen LogP) is 2.84. The molecule has 260 valence electrons. The first-order valence-corrected chi connectivity index (χ1v) is 15.8. The summed E-state index contributed by atoms with van der Waals surface area (Å²) < 4.78 is 8.28. The largest absolute Gasteiger partial charge is 0.870 e. The van der Waals surface area contributed by atoms with Crippen molar-refractivity contribution in [3.8, 4) is 22.8 Å². The number of quaternary nitrogens is 2. The van der Waals surface area contributed by atoms with E-state index in [-0.39, 0.29) is 47.2 Å². The second-order valence-electron chi connectivity index (χ2n) is 13.7. The van der Waals surface area contributed by atoms with Gasteiger partial charge in [-0.25, -0.2) is 4.68 Å². The van der Waals surface area contributed by atoms with Gasteiger partial charge in [0.2, 0.25) is 0 Å². The number of rotatable bonds is 9. The second kappa shape index (κ2) is 16.5. The molecule has 13 heteroatoms. The van der Waals surface area contributed by atoms with Crippen LogP contribution >= 0.6 is 0 Å². The van der Waals surface area contributed by atoms with E-state index in [1.54, 1.807) is 13.0 Å². The van der Waals surface area contributed by atoms with E-state index in [9.17, 15) is 19.8 Å². The summed E-state index contributed by atoms with van der Waals surface area (Å²) in [6.45, 7) is 3.94. The number of nitrogens with zero attached hydrogens (tertiary/aromatic N) is 5. The molecule has 0 saturated carbocycles. The summed E-state index contributed by atoms with van der Waals surface area (Å²) >= 11 is 0. The van der Waals surface area contributed by atoms with Crippen molar-refractivity contribution < 1.29 is 38.6 Å². The van der Waals surface area contributed by atoms with Crippen LogP contribution in [0.2, 0.25) is 0 Å². The van der Waals surface area contributed by atoms with Crippen LogP contribution in [-0.4, -0.2) is 104 Å². The maximum absolute atomic E-state index is 13.0. The van der Waals surface area contributed by atoms with Crippen LogP contribution in [0.4, 0.5) is 11.4 Å². The minimum atomic E-state index is -1.48. The van der Waals surface area contributed by atoms with Gasteiger partial charge in [0.15, 0.2) is 5.69 Å². The van der Waals surface area contributed by atoms with Gasteiger partial charge in [0.05, 0.1) is 72.6 Å². The summed E-state index contributed by atoms with van der Waals surface area (Å²) in [5.41, 5.74) is 3.65. The van der Waals surface area contributed by atoms with E-state index >= 15 is 0 Å². The monoisotopic (exact) mass is 664 g/mol. The first kappa shape index (κ1) is 37.9. The minimum Gasteiger partial charge on any atom is -0.870 e. The van der Waals surface area contributed by atoms with Crippen molar-refractivity contribution in [3.05, 3.63) is 81.5 Å². The maximum atomic E-state index is 13.0. The zero-order valence-corrected chi connectivity index (χ0v) is 28.9. The third kappa shape index (κ3) is 10.7. The zero-order valence-electron chi connectivity index (χ0n) is 28.9. The molecule has 0 amide bonds. The zero-order chi connectivity index (χ0) is 35.6. The number of aromatic nitrogens is 2. The number of aryl methyl sites for hydroxylation is 3.